The van der Waals surface area contributed by atoms with E-state index in [1.54, 1.807) is 25.6 Å². The molecule has 1 unspecified atom stereocenters. The number of nitrogens with zero attached hydrogens (tertiary/aromatic N) is 4. The Morgan fingerprint density at radius 3 is 2.50 bits per heavy atom. The van der Waals surface area contributed by atoms with Crippen LogP contribution in [0.4, 0.5) is 10.6 Å². The smallest absolute Gasteiger partial charge is 0.323 e. The maximum atomic E-state index is 12.8. The highest BCUT2D eigenvalue weighted by Gasteiger charge is 2.55. The third-order valence-electron chi connectivity index (χ3n) is 6.93. The molecule has 3 amide bonds. The van der Waals surface area contributed by atoms with Crippen molar-refractivity contribution in [3.05, 3.63) is 11.3 Å². The van der Waals surface area contributed by atoms with Crippen molar-refractivity contribution in [1.29, 1.82) is 5.26 Å². The Balaban J connectivity index is 1.84. The summed E-state index contributed by atoms with van der Waals surface area (Å²) >= 11 is 0. The van der Waals surface area contributed by atoms with Crippen LogP contribution >= 0.6 is 0 Å². The van der Waals surface area contributed by atoms with E-state index in [0.717, 1.165) is 17.7 Å². The van der Waals surface area contributed by atoms with Gasteiger partial charge in [-0.05, 0) is 39.0 Å². The summed E-state index contributed by atoms with van der Waals surface area (Å²) in [6.07, 6.45) is 1.83. The SMILES string of the molecule is C[C@@H]1C(=O)C(C#N)C[C@]2(C)c3nn(C)c(N4C(=O)NC(C)(C)C4=O)c3CC[C@@H]12. The second kappa shape index (κ2) is 5.66. The van der Waals surface area contributed by atoms with Crippen LogP contribution in [0.5, 0.6) is 0 Å². The molecular formula is C20H25N5O3. The quantitative estimate of drug-likeness (QED) is 0.744. The average Bonchev–Trinajstić information content (AvgIpc) is 3.05. The first kappa shape index (κ1) is 18.7. The lowest BCUT2D eigenvalue weighted by Crippen LogP contribution is -2.50. The summed E-state index contributed by atoms with van der Waals surface area (Å²) in [5.41, 5.74) is 0.283. The minimum atomic E-state index is -0.965. The van der Waals surface area contributed by atoms with Gasteiger partial charge in [0.2, 0.25) is 0 Å². The van der Waals surface area contributed by atoms with Crippen molar-refractivity contribution >= 4 is 23.5 Å². The molecule has 3 aliphatic rings. The first-order valence-corrected chi connectivity index (χ1v) is 9.69. The monoisotopic (exact) mass is 383 g/mol. The van der Waals surface area contributed by atoms with Gasteiger partial charge in [0.05, 0.1) is 11.8 Å². The van der Waals surface area contributed by atoms with Gasteiger partial charge in [-0.15, -0.1) is 0 Å². The Labute approximate surface area is 163 Å². The van der Waals surface area contributed by atoms with Gasteiger partial charge in [-0.2, -0.15) is 10.4 Å². The van der Waals surface area contributed by atoms with E-state index in [2.05, 4.69) is 18.3 Å². The van der Waals surface area contributed by atoms with Gasteiger partial charge in [-0.1, -0.05) is 13.8 Å². The van der Waals surface area contributed by atoms with Gasteiger partial charge in [-0.25, -0.2) is 9.69 Å². The number of Topliss-reactive ketones (excluding diaryl/α,β-unsaturated/α-hetero) is 1. The van der Waals surface area contributed by atoms with Crippen molar-refractivity contribution in [2.24, 2.45) is 24.8 Å². The number of rotatable bonds is 1. The van der Waals surface area contributed by atoms with Crippen LogP contribution in [0.1, 0.15) is 51.8 Å². The highest BCUT2D eigenvalue weighted by molar-refractivity contribution is 6.23. The Kier molecular flexibility index (Phi) is 3.77. The number of fused-ring (bicyclic) bond motifs is 3. The lowest BCUT2D eigenvalue weighted by molar-refractivity contribution is -0.132. The molecule has 2 fully saturated rings. The van der Waals surface area contributed by atoms with E-state index in [1.165, 1.54) is 4.90 Å². The van der Waals surface area contributed by atoms with Gasteiger partial charge in [0, 0.05) is 23.9 Å². The number of nitriles is 1. The fraction of sp³-hybridized carbons (Fsp3) is 0.650. The number of hydrogen-bond donors (Lipinski definition) is 1. The van der Waals surface area contributed by atoms with Crippen molar-refractivity contribution in [3.8, 4) is 6.07 Å². The Bertz CT molecular complexity index is 956. The van der Waals surface area contributed by atoms with E-state index < -0.39 is 22.9 Å². The number of amides is 3. The number of nitrogens with one attached hydrogen (secondary N) is 1. The van der Waals surface area contributed by atoms with Gasteiger partial charge < -0.3 is 5.32 Å². The molecule has 148 valence electrons. The molecular weight excluding hydrogens is 358 g/mol. The molecule has 1 saturated heterocycles. The Hall–Kier alpha value is -2.69. The molecule has 0 aromatic carbocycles. The first-order valence-electron chi connectivity index (χ1n) is 9.69. The number of aromatic nitrogens is 2. The summed E-state index contributed by atoms with van der Waals surface area (Å²) in [4.78, 5) is 39.1. The van der Waals surface area contributed by atoms with Crippen molar-refractivity contribution in [1.82, 2.24) is 15.1 Å². The minimum Gasteiger partial charge on any atom is -0.323 e. The number of carbonyl (C=O) groups is 3. The molecule has 1 saturated carbocycles. The van der Waals surface area contributed by atoms with Crippen molar-refractivity contribution in [3.63, 3.8) is 0 Å². The van der Waals surface area contributed by atoms with Crippen LogP contribution in [0.25, 0.3) is 0 Å². The predicted octanol–water partition coefficient (Wildman–Crippen LogP) is 1.82. The third kappa shape index (κ3) is 2.22. The molecule has 8 nitrogen and oxygen atoms in total. The fourth-order valence-corrected chi connectivity index (χ4v) is 5.46. The number of carbonyl (C=O) groups excluding carboxylic acids is 3. The summed E-state index contributed by atoms with van der Waals surface area (Å²) in [5.74, 6) is -0.556. The van der Waals surface area contributed by atoms with E-state index in [4.69, 9.17) is 5.10 Å². The molecule has 4 rings (SSSR count). The molecule has 0 radical (unpaired) electrons. The molecule has 1 N–H and O–H groups in total. The fourth-order valence-electron chi connectivity index (χ4n) is 5.46. The highest BCUT2D eigenvalue weighted by atomic mass is 16.2. The second-order valence-corrected chi connectivity index (χ2v) is 9.11. The number of urea groups is 1. The maximum absolute atomic E-state index is 12.8. The summed E-state index contributed by atoms with van der Waals surface area (Å²) < 4.78 is 1.60. The summed E-state index contributed by atoms with van der Waals surface area (Å²) in [6, 6.07) is 1.71. The molecule has 1 aromatic rings. The van der Waals surface area contributed by atoms with Crippen LogP contribution in [0.2, 0.25) is 0 Å². The number of imide groups is 1. The van der Waals surface area contributed by atoms with Crippen LogP contribution < -0.4 is 10.2 Å². The lowest BCUT2D eigenvalue weighted by atomic mass is 9.54. The summed E-state index contributed by atoms with van der Waals surface area (Å²) in [7, 11) is 1.73. The lowest BCUT2D eigenvalue weighted by Gasteiger charge is -2.48. The molecule has 28 heavy (non-hydrogen) atoms. The van der Waals surface area contributed by atoms with Crippen LogP contribution in [0.3, 0.4) is 0 Å². The molecule has 4 atom stereocenters. The topological polar surface area (TPSA) is 108 Å². The number of hydrogen-bond acceptors (Lipinski definition) is 5. The summed E-state index contributed by atoms with van der Waals surface area (Å²) in [6.45, 7) is 7.33. The molecule has 8 heteroatoms. The zero-order valence-electron chi connectivity index (χ0n) is 16.9. The standard InChI is InChI=1S/C20H25N5O3/c1-10-13-7-6-12-15(20(13,4)8-11(9-21)14(10)26)23-24(5)16(12)25-17(27)19(2,3)22-18(25)28/h10-11,13H,6-8H2,1-5H3,(H,22,28)/t10-,11?,13-,20-/m0/s1. The van der Waals surface area contributed by atoms with E-state index in [1.807, 2.05) is 6.92 Å². The second-order valence-electron chi connectivity index (χ2n) is 9.11. The zero-order valence-corrected chi connectivity index (χ0v) is 16.9. The summed E-state index contributed by atoms with van der Waals surface area (Å²) in [5, 5.41) is 16.9. The largest absolute Gasteiger partial charge is 0.330 e. The van der Waals surface area contributed by atoms with E-state index in [9.17, 15) is 19.6 Å². The van der Waals surface area contributed by atoms with Gasteiger partial charge >= 0.3 is 6.03 Å². The molecule has 2 heterocycles. The Morgan fingerprint density at radius 2 is 1.93 bits per heavy atom. The van der Waals surface area contributed by atoms with Crippen LogP contribution in [0.15, 0.2) is 0 Å². The molecule has 2 aliphatic carbocycles. The number of aryl methyl sites for hydroxylation is 1. The van der Waals surface area contributed by atoms with Crippen LogP contribution in [0, 0.1) is 29.1 Å². The van der Waals surface area contributed by atoms with Gasteiger partial charge in [0.25, 0.3) is 5.91 Å². The van der Waals surface area contributed by atoms with Gasteiger partial charge in [0.15, 0.2) is 5.78 Å². The van der Waals surface area contributed by atoms with Crippen LogP contribution in [-0.4, -0.2) is 33.0 Å². The van der Waals surface area contributed by atoms with E-state index in [-0.39, 0.29) is 23.5 Å². The number of ketones is 1. The van der Waals surface area contributed by atoms with Gasteiger partial charge in [-0.3, -0.25) is 14.3 Å². The minimum absolute atomic E-state index is 0.0143. The third-order valence-corrected chi connectivity index (χ3v) is 6.93. The molecule has 1 aromatic heterocycles. The van der Waals surface area contributed by atoms with Crippen LogP contribution in [-0.2, 0) is 28.5 Å². The first-order chi connectivity index (χ1) is 13.0. The molecule has 0 spiro atoms. The number of anilines is 1. The average molecular weight is 383 g/mol. The van der Waals surface area contributed by atoms with Crippen molar-refractivity contribution in [2.75, 3.05) is 4.90 Å². The normalized spacial score (nSPS) is 33.9. The predicted molar refractivity (Wildman–Crippen MR) is 100 cm³/mol. The van der Waals surface area contributed by atoms with Crippen molar-refractivity contribution in [2.45, 2.75) is 57.9 Å². The highest BCUT2D eigenvalue weighted by Crippen LogP contribution is 2.53. The van der Waals surface area contributed by atoms with E-state index >= 15 is 0 Å². The maximum Gasteiger partial charge on any atom is 0.330 e. The van der Waals surface area contributed by atoms with Crippen molar-refractivity contribution < 1.29 is 14.4 Å². The molecule has 1 aliphatic heterocycles. The molecule has 0 bridgehead atoms. The van der Waals surface area contributed by atoms with Gasteiger partial charge in [0.1, 0.15) is 17.3 Å². The van der Waals surface area contributed by atoms with E-state index in [0.29, 0.717) is 18.7 Å². The Morgan fingerprint density at radius 1 is 1.25 bits per heavy atom. The zero-order chi connectivity index (χ0) is 20.6.